The molecule has 2 rings (SSSR count). The van der Waals surface area contributed by atoms with E-state index in [1.54, 1.807) is 6.92 Å². The molecule has 2 fully saturated rings. The highest BCUT2D eigenvalue weighted by Crippen LogP contribution is 2.45. The van der Waals surface area contributed by atoms with Crippen LogP contribution in [-0.4, -0.2) is 79.0 Å². The molecule has 2 aliphatic heterocycles. The molecule has 2 aliphatic rings. The Morgan fingerprint density at radius 3 is 2.06 bits per heavy atom. The van der Waals surface area contributed by atoms with Crippen LogP contribution in [0.2, 0.25) is 0 Å². The van der Waals surface area contributed by atoms with Crippen LogP contribution in [0, 0.1) is 41.4 Å². The van der Waals surface area contributed by atoms with Crippen molar-refractivity contribution in [3.8, 4) is 0 Å². The van der Waals surface area contributed by atoms with Crippen LogP contribution in [0.15, 0.2) is 24.0 Å². The van der Waals surface area contributed by atoms with Gasteiger partial charge >= 0.3 is 5.97 Å². The van der Waals surface area contributed by atoms with Gasteiger partial charge in [-0.2, -0.15) is 0 Å². The van der Waals surface area contributed by atoms with Crippen LogP contribution in [0.25, 0.3) is 0 Å². The first-order valence-corrected chi connectivity index (χ1v) is 19.4. The second-order valence-electron chi connectivity index (χ2n) is 17.1. The molecule has 2 heterocycles. The first-order chi connectivity index (χ1) is 23.2. The fourth-order valence-corrected chi connectivity index (χ4v) is 8.02. The summed E-state index contributed by atoms with van der Waals surface area (Å²) in [5, 5.41) is 51.9. The van der Waals surface area contributed by atoms with Crippen LogP contribution in [0.3, 0.4) is 0 Å². The monoisotopic (exact) mass is 709 g/mol. The average Bonchev–Trinajstić information content (AvgIpc) is 3.63. The first-order valence-electron chi connectivity index (χ1n) is 19.4. The molecule has 14 atom stereocenters. The van der Waals surface area contributed by atoms with Gasteiger partial charge in [0.25, 0.3) is 0 Å². The predicted molar refractivity (Wildman–Crippen MR) is 198 cm³/mol. The molecule has 290 valence electrons. The normalized spacial score (nSPS) is 30.7. The number of ether oxygens (including phenoxy) is 2. The second-order valence-corrected chi connectivity index (χ2v) is 17.1. The number of rotatable bonds is 22. The summed E-state index contributed by atoms with van der Waals surface area (Å²) < 4.78 is 12.7. The molecule has 9 heteroatoms. The summed E-state index contributed by atoms with van der Waals surface area (Å²) >= 11 is 0. The van der Waals surface area contributed by atoms with Crippen molar-refractivity contribution in [1.29, 1.82) is 0 Å². The Bertz CT molecular complexity index is 1120. The molecule has 0 spiro atoms. The zero-order valence-electron chi connectivity index (χ0n) is 32.8. The SMILES string of the molecule is CC([C@@H](O)[C@H](C)/C=C/C[C@@H](C)C[C@@H](C)/C(O)=C/C(=O)[C@H](C)C[C@H](C)C[C@@H](C)CCC(=O)O)[C@@H](O)C[C@H]1CC[C@](C)([C@@H]2CC[C@](C)([C@H](C)O)O2)O1. The number of aliphatic hydroxyl groups excluding tert-OH is 4. The topological polar surface area (TPSA) is 154 Å². The molecular formula is C41H72O9. The molecule has 50 heavy (non-hydrogen) atoms. The van der Waals surface area contributed by atoms with Gasteiger partial charge in [-0.3, -0.25) is 9.59 Å². The van der Waals surface area contributed by atoms with E-state index >= 15 is 0 Å². The van der Waals surface area contributed by atoms with E-state index in [1.807, 2.05) is 40.7 Å². The quantitative estimate of drug-likeness (QED) is 0.0431. The van der Waals surface area contributed by atoms with Crippen LogP contribution in [0.1, 0.15) is 140 Å². The van der Waals surface area contributed by atoms with Crippen LogP contribution in [0.4, 0.5) is 0 Å². The number of ketones is 1. The van der Waals surface area contributed by atoms with Crippen LogP contribution >= 0.6 is 0 Å². The number of carbonyl (C=O) groups is 2. The van der Waals surface area contributed by atoms with Crippen LogP contribution in [0.5, 0.6) is 0 Å². The van der Waals surface area contributed by atoms with Gasteiger partial charge < -0.3 is 35.0 Å². The maximum Gasteiger partial charge on any atom is 0.303 e. The van der Waals surface area contributed by atoms with E-state index in [1.165, 1.54) is 6.08 Å². The average molecular weight is 709 g/mol. The zero-order valence-corrected chi connectivity index (χ0v) is 32.8. The lowest BCUT2D eigenvalue weighted by Crippen LogP contribution is -2.44. The van der Waals surface area contributed by atoms with Gasteiger partial charge in [-0.1, -0.05) is 60.6 Å². The van der Waals surface area contributed by atoms with E-state index in [0.29, 0.717) is 25.7 Å². The largest absolute Gasteiger partial charge is 0.512 e. The van der Waals surface area contributed by atoms with Crippen LogP contribution < -0.4 is 0 Å². The fraction of sp³-hybridized carbons (Fsp3) is 0.854. The Labute approximate surface area is 302 Å². The van der Waals surface area contributed by atoms with Gasteiger partial charge in [0.1, 0.15) is 0 Å². The fourth-order valence-electron chi connectivity index (χ4n) is 8.02. The Morgan fingerprint density at radius 2 is 1.46 bits per heavy atom. The molecule has 0 aliphatic carbocycles. The van der Waals surface area contributed by atoms with Gasteiger partial charge in [0.15, 0.2) is 5.78 Å². The summed E-state index contributed by atoms with van der Waals surface area (Å²) in [5.74, 6) is -0.810. The lowest BCUT2D eigenvalue weighted by molar-refractivity contribution is -0.172. The molecule has 0 amide bonds. The van der Waals surface area contributed by atoms with Crippen molar-refractivity contribution in [2.24, 2.45) is 41.4 Å². The molecule has 0 saturated carbocycles. The standard InChI is InChI=1S/C41H72O9/c1-25(21-29(5)34(43)24-35(44)30(6)22-27(3)20-26(2)14-15-38(46)47)12-11-13-28(4)39(48)31(7)36(45)23-33-16-18-41(10,49-33)37-17-19-40(9,50-37)32(8)42/h11,13,24-33,36-37,39,42-43,45,48H,12,14-23H2,1-10H3,(H,46,47)/b13-11+,34-24-/t25-,26+,27-,28-,29-,30-,31?,32+,33-,36+,37+,39+,40-,41-/m1/s1. The van der Waals surface area contributed by atoms with E-state index in [2.05, 4.69) is 33.8 Å². The molecule has 1 unspecified atom stereocenters. The van der Waals surface area contributed by atoms with Crippen molar-refractivity contribution >= 4 is 11.8 Å². The molecule has 0 aromatic rings. The van der Waals surface area contributed by atoms with Crippen molar-refractivity contribution in [1.82, 2.24) is 0 Å². The van der Waals surface area contributed by atoms with Crippen molar-refractivity contribution in [3.05, 3.63) is 24.0 Å². The minimum Gasteiger partial charge on any atom is -0.512 e. The lowest BCUT2D eigenvalue weighted by Gasteiger charge is -2.35. The Morgan fingerprint density at radius 1 is 0.820 bits per heavy atom. The second kappa shape index (κ2) is 19.9. The Balaban J connectivity index is 1.77. The van der Waals surface area contributed by atoms with E-state index in [4.69, 9.17) is 14.6 Å². The number of carbonyl (C=O) groups excluding carboxylic acids is 1. The molecule has 0 radical (unpaired) electrons. The molecule has 0 bridgehead atoms. The summed E-state index contributed by atoms with van der Waals surface area (Å²) in [4.78, 5) is 23.7. The number of aliphatic carboxylic acids is 1. The number of hydrogen-bond donors (Lipinski definition) is 5. The first kappa shape index (κ1) is 44.4. The Kier molecular flexibility index (Phi) is 17.7. The van der Waals surface area contributed by atoms with Crippen molar-refractivity contribution in [2.75, 3.05) is 0 Å². The number of carboxylic acid groups (broad SMARTS) is 1. The summed E-state index contributed by atoms with van der Waals surface area (Å²) in [7, 11) is 0. The smallest absolute Gasteiger partial charge is 0.303 e. The zero-order chi connectivity index (χ0) is 38.0. The van der Waals surface area contributed by atoms with Crippen molar-refractivity contribution in [3.63, 3.8) is 0 Å². The third-order valence-electron chi connectivity index (χ3n) is 11.9. The molecule has 2 saturated heterocycles. The Hall–Kier alpha value is -1.78. The van der Waals surface area contributed by atoms with Crippen LogP contribution in [-0.2, 0) is 19.1 Å². The maximum absolute atomic E-state index is 12.8. The van der Waals surface area contributed by atoms with Gasteiger partial charge in [0, 0.05) is 36.2 Å². The van der Waals surface area contributed by atoms with Gasteiger partial charge in [-0.25, -0.2) is 0 Å². The minimum atomic E-state index is -0.781. The van der Waals surface area contributed by atoms with Gasteiger partial charge in [0.05, 0.1) is 47.5 Å². The third kappa shape index (κ3) is 13.6. The van der Waals surface area contributed by atoms with Gasteiger partial charge in [-0.05, 0) is 103 Å². The lowest BCUT2D eigenvalue weighted by atomic mass is 9.85. The van der Waals surface area contributed by atoms with E-state index < -0.39 is 35.5 Å². The number of allylic oxidation sites excluding steroid dienone is 3. The summed E-state index contributed by atoms with van der Waals surface area (Å²) in [5.41, 5.74) is -1.01. The van der Waals surface area contributed by atoms with Gasteiger partial charge in [-0.15, -0.1) is 0 Å². The highest BCUT2D eigenvalue weighted by molar-refractivity contribution is 5.91. The third-order valence-corrected chi connectivity index (χ3v) is 11.9. The van der Waals surface area contributed by atoms with E-state index in [9.17, 15) is 30.0 Å². The minimum absolute atomic E-state index is 0.0809. The number of carboxylic acids is 1. The summed E-state index contributed by atoms with van der Waals surface area (Å²) in [6, 6.07) is 0. The highest BCUT2D eigenvalue weighted by atomic mass is 16.6. The molecule has 0 aromatic carbocycles. The summed E-state index contributed by atoms with van der Waals surface area (Å²) in [6.07, 6.45) is 10.8. The molecule has 0 aromatic heterocycles. The number of aliphatic hydroxyl groups is 4. The van der Waals surface area contributed by atoms with E-state index in [0.717, 1.165) is 38.5 Å². The number of hydrogen-bond acceptors (Lipinski definition) is 8. The van der Waals surface area contributed by atoms with Crippen molar-refractivity contribution in [2.45, 2.75) is 182 Å². The summed E-state index contributed by atoms with van der Waals surface area (Å²) in [6.45, 7) is 19.7. The highest BCUT2D eigenvalue weighted by Gasteiger charge is 2.51. The molecule has 5 N–H and O–H groups in total. The maximum atomic E-state index is 12.8. The van der Waals surface area contributed by atoms with Crippen molar-refractivity contribution < 1.29 is 44.6 Å². The van der Waals surface area contributed by atoms with E-state index in [-0.39, 0.29) is 71.6 Å². The van der Waals surface area contributed by atoms with Gasteiger partial charge in [0.2, 0.25) is 0 Å². The molecule has 9 nitrogen and oxygen atoms in total. The molecular weight excluding hydrogens is 636 g/mol. The predicted octanol–water partition coefficient (Wildman–Crippen LogP) is 7.80.